The average molecular weight is 327 g/mol. The number of rotatable bonds is 7. The van der Waals surface area contributed by atoms with Gasteiger partial charge in [0.2, 0.25) is 0 Å². The molecule has 1 aromatic heterocycles. The zero-order valence-corrected chi connectivity index (χ0v) is 14.3. The minimum absolute atomic E-state index is 0.157. The molecule has 5 heteroatoms. The van der Waals surface area contributed by atoms with Gasteiger partial charge in [-0.1, -0.05) is 30.4 Å². The van der Waals surface area contributed by atoms with E-state index in [0.29, 0.717) is 5.92 Å². The molecule has 0 saturated carbocycles. The van der Waals surface area contributed by atoms with Gasteiger partial charge >= 0.3 is 0 Å². The molecule has 1 saturated heterocycles. The zero-order chi connectivity index (χ0) is 16.8. The molecule has 24 heavy (non-hydrogen) atoms. The molecule has 0 aliphatic carbocycles. The molecule has 2 atom stereocenters. The smallest absolute Gasteiger partial charge is 0.126 e. The van der Waals surface area contributed by atoms with Crippen LogP contribution in [0.4, 0.5) is 0 Å². The summed E-state index contributed by atoms with van der Waals surface area (Å²) in [7, 11) is 3.64. The van der Waals surface area contributed by atoms with E-state index < -0.39 is 0 Å². The molecule has 2 aromatic rings. The molecule has 3 rings (SSSR count). The molecule has 1 N–H and O–H groups in total. The highest BCUT2D eigenvalue weighted by Crippen LogP contribution is 2.33. The lowest BCUT2D eigenvalue weighted by molar-refractivity contribution is 0.0907. The molecule has 1 aliphatic rings. The molecular formula is C19H25N3O2. The van der Waals surface area contributed by atoms with Crippen molar-refractivity contribution in [2.45, 2.75) is 12.5 Å². The summed E-state index contributed by atoms with van der Waals surface area (Å²) in [4.78, 5) is 0. The number of ether oxygens (including phenoxy) is 2. The molecule has 0 spiro atoms. The molecule has 128 valence electrons. The Morgan fingerprint density at radius 2 is 2.29 bits per heavy atom. The Kier molecular flexibility index (Phi) is 5.67. The Hall–Kier alpha value is -2.11. The summed E-state index contributed by atoms with van der Waals surface area (Å²) in [5.41, 5.74) is 2.27. The third-order valence-electron chi connectivity index (χ3n) is 4.37. The molecular weight excluding hydrogens is 302 g/mol. The summed E-state index contributed by atoms with van der Waals surface area (Å²) < 4.78 is 13.1. The number of hydrogen-bond acceptors (Lipinski definition) is 4. The Bertz CT molecular complexity index is 681. The summed E-state index contributed by atoms with van der Waals surface area (Å²) in [5.74, 6) is 1.39. The van der Waals surface area contributed by atoms with E-state index in [2.05, 4.69) is 28.6 Å². The van der Waals surface area contributed by atoms with E-state index in [-0.39, 0.29) is 6.10 Å². The topological polar surface area (TPSA) is 48.3 Å². The highest BCUT2D eigenvalue weighted by atomic mass is 16.5. The molecule has 0 amide bonds. The fourth-order valence-corrected chi connectivity index (χ4v) is 3.14. The van der Waals surface area contributed by atoms with Crippen LogP contribution in [-0.4, -0.2) is 36.6 Å². The number of nitrogens with zero attached hydrogens (tertiary/aromatic N) is 2. The molecule has 1 fully saturated rings. The van der Waals surface area contributed by atoms with Crippen molar-refractivity contribution in [2.24, 2.45) is 13.0 Å². The fourth-order valence-electron chi connectivity index (χ4n) is 3.14. The Labute approximate surface area is 143 Å². The van der Waals surface area contributed by atoms with Crippen LogP contribution in [0.5, 0.6) is 5.75 Å². The van der Waals surface area contributed by atoms with E-state index in [0.717, 1.165) is 37.4 Å². The maximum Gasteiger partial charge on any atom is 0.126 e. The van der Waals surface area contributed by atoms with E-state index in [4.69, 9.17) is 9.47 Å². The molecule has 2 heterocycles. The molecule has 1 aliphatic heterocycles. The number of nitrogens with one attached hydrogen (secondary N) is 1. The van der Waals surface area contributed by atoms with Crippen LogP contribution in [0.2, 0.25) is 0 Å². The minimum Gasteiger partial charge on any atom is -0.496 e. The predicted molar refractivity (Wildman–Crippen MR) is 94.9 cm³/mol. The van der Waals surface area contributed by atoms with Gasteiger partial charge < -0.3 is 14.8 Å². The highest BCUT2D eigenvalue weighted by Gasteiger charge is 2.29. The number of benzene rings is 1. The molecule has 5 nitrogen and oxygen atoms in total. The maximum atomic E-state index is 5.89. The Morgan fingerprint density at radius 3 is 3.08 bits per heavy atom. The lowest BCUT2D eigenvalue weighted by Crippen LogP contribution is -2.24. The van der Waals surface area contributed by atoms with Crippen LogP contribution < -0.4 is 10.1 Å². The van der Waals surface area contributed by atoms with Gasteiger partial charge in [-0.2, -0.15) is 5.10 Å². The molecule has 1 aromatic carbocycles. The van der Waals surface area contributed by atoms with Gasteiger partial charge in [-0.3, -0.25) is 4.68 Å². The predicted octanol–water partition coefficient (Wildman–Crippen LogP) is 2.81. The number of para-hydroxylation sites is 1. The van der Waals surface area contributed by atoms with Gasteiger partial charge in [0, 0.05) is 50.0 Å². The SMILES string of the molecule is COc1ccccc1/C=C/CNCC1CCOC1c1cnn(C)c1. The van der Waals surface area contributed by atoms with Gasteiger partial charge in [0.15, 0.2) is 0 Å². The maximum absolute atomic E-state index is 5.89. The third kappa shape index (κ3) is 4.04. The van der Waals surface area contributed by atoms with E-state index in [1.807, 2.05) is 42.3 Å². The zero-order valence-electron chi connectivity index (χ0n) is 14.3. The van der Waals surface area contributed by atoms with Gasteiger partial charge in [0.25, 0.3) is 0 Å². The van der Waals surface area contributed by atoms with Crippen molar-refractivity contribution in [3.05, 3.63) is 53.9 Å². The average Bonchev–Trinajstić information content (AvgIpc) is 3.23. The van der Waals surface area contributed by atoms with E-state index >= 15 is 0 Å². The van der Waals surface area contributed by atoms with Crippen molar-refractivity contribution in [2.75, 3.05) is 26.8 Å². The summed E-state index contributed by atoms with van der Waals surface area (Å²) in [6, 6.07) is 8.02. The Balaban J connectivity index is 1.48. The van der Waals surface area contributed by atoms with Crippen molar-refractivity contribution < 1.29 is 9.47 Å². The van der Waals surface area contributed by atoms with Crippen LogP contribution in [0, 0.1) is 5.92 Å². The monoisotopic (exact) mass is 327 g/mol. The van der Waals surface area contributed by atoms with Gasteiger partial charge in [-0.25, -0.2) is 0 Å². The standard InChI is InChI=1S/C19H25N3O2/c1-22-14-17(13-21-22)19-16(9-11-24-19)12-20-10-5-7-15-6-3-4-8-18(15)23-2/h3-8,13-14,16,19-20H,9-12H2,1-2H3/b7-5+. The minimum atomic E-state index is 0.157. The fraction of sp³-hybridized carbons (Fsp3) is 0.421. The summed E-state index contributed by atoms with van der Waals surface area (Å²) in [6.45, 7) is 2.59. The second kappa shape index (κ2) is 8.13. The van der Waals surface area contributed by atoms with Crippen molar-refractivity contribution in [3.63, 3.8) is 0 Å². The summed E-state index contributed by atoms with van der Waals surface area (Å²) in [6.07, 6.45) is 9.42. The molecule has 0 radical (unpaired) electrons. The third-order valence-corrected chi connectivity index (χ3v) is 4.37. The summed E-state index contributed by atoms with van der Waals surface area (Å²) >= 11 is 0. The van der Waals surface area contributed by atoms with Gasteiger partial charge in [0.1, 0.15) is 5.75 Å². The van der Waals surface area contributed by atoms with Crippen molar-refractivity contribution in [1.29, 1.82) is 0 Å². The lowest BCUT2D eigenvalue weighted by atomic mass is 9.97. The normalized spacial score (nSPS) is 20.8. The van der Waals surface area contributed by atoms with Crippen LogP contribution in [0.25, 0.3) is 6.08 Å². The number of methoxy groups -OCH3 is 1. The second-order valence-electron chi connectivity index (χ2n) is 6.09. The first-order valence-corrected chi connectivity index (χ1v) is 8.38. The van der Waals surface area contributed by atoms with Crippen LogP contribution in [-0.2, 0) is 11.8 Å². The summed E-state index contributed by atoms with van der Waals surface area (Å²) in [5, 5.41) is 7.76. The van der Waals surface area contributed by atoms with Crippen molar-refractivity contribution >= 4 is 6.08 Å². The number of hydrogen-bond donors (Lipinski definition) is 1. The first-order chi connectivity index (χ1) is 11.8. The first kappa shape index (κ1) is 16.7. The van der Waals surface area contributed by atoms with Gasteiger partial charge in [-0.15, -0.1) is 0 Å². The lowest BCUT2D eigenvalue weighted by Gasteiger charge is -2.17. The van der Waals surface area contributed by atoms with Gasteiger partial charge in [0.05, 0.1) is 19.4 Å². The van der Waals surface area contributed by atoms with Crippen LogP contribution in [0.3, 0.4) is 0 Å². The van der Waals surface area contributed by atoms with Crippen LogP contribution in [0.1, 0.15) is 23.7 Å². The molecule has 2 unspecified atom stereocenters. The quantitative estimate of drug-likeness (QED) is 0.795. The van der Waals surface area contributed by atoms with E-state index in [9.17, 15) is 0 Å². The van der Waals surface area contributed by atoms with Crippen LogP contribution >= 0.6 is 0 Å². The van der Waals surface area contributed by atoms with Crippen LogP contribution in [0.15, 0.2) is 42.7 Å². The number of aromatic nitrogens is 2. The highest BCUT2D eigenvalue weighted by molar-refractivity contribution is 5.57. The van der Waals surface area contributed by atoms with Crippen molar-refractivity contribution in [1.82, 2.24) is 15.1 Å². The van der Waals surface area contributed by atoms with E-state index in [1.165, 1.54) is 5.56 Å². The first-order valence-electron chi connectivity index (χ1n) is 8.38. The number of aryl methyl sites for hydroxylation is 1. The van der Waals surface area contributed by atoms with Gasteiger partial charge in [-0.05, 0) is 12.5 Å². The van der Waals surface area contributed by atoms with E-state index in [1.54, 1.807) is 7.11 Å². The Morgan fingerprint density at radius 1 is 1.42 bits per heavy atom. The second-order valence-corrected chi connectivity index (χ2v) is 6.09. The molecule has 0 bridgehead atoms. The largest absolute Gasteiger partial charge is 0.496 e. The van der Waals surface area contributed by atoms with Crippen molar-refractivity contribution in [3.8, 4) is 5.75 Å².